The summed E-state index contributed by atoms with van der Waals surface area (Å²) >= 11 is 3.05. The fourth-order valence-corrected chi connectivity index (χ4v) is 4.17. The maximum absolute atomic E-state index is 12.9. The van der Waals surface area contributed by atoms with Gasteiger partial charge in [0.1, 0.15) is 5.82 Å². The lowest BCUT2D eigenvalue weighted by Crippen LogP contribution is -2.40. The molecule has 4 rings (SSSR count). The summed E-state index contributed by atoms with van der Waals surface area (Å²) in [6.45, 7) is 0.449. The molecule has 0 saturated carbocycles. The Morgan fingerprint density at radius 1 is 1.07 bits per heavy atom. The van der Waals surface area contributed by atoms with E-state index in [2.05, 4.69) is 20.7 Å². The molecule has 3 aromatic heterocycles. The fraction of sp³-hybridized carbons (Fsp3) is 0.158. The lowest BCUT2D eigenvalue weighted by Gasteiger charge is -2.06. The van der Waals surface area contributed by atoms with Crippen LogP contribution in [-0.2, 0) is 22.6 Å². The highest BCUT2D eigenvalue weighted by atomic mass is 32.1. The number of carbonyl (C=O) groups excluding carboxylic acids is 2. The van der Waals surface area contributed by atoms with Gasteiger partial charge >= 0.3 is 11.8 Å². The summed E-state index contributed by atoms with van der Waals surface area (Å²) in [6, 6.07) is 9.63. The molecular formula is C19H16FN5O2S2. The first kappa shape index (κ1) is 19.2. The van der Waals surface area contributed by atoms with Gasteiger partial charge in [-0.05, 0) is 29.1 Å². The van der Waals surface area contributed by atoms with Crippen LogP contribution < -0.4 is 10.6 Å². The highest BCUT2D eigenvalue weighted by Gasteiger charge is 2.15. The van der Waals surface area contributed by atoms with Crippen LogP contribution in [0.15, 0.2) is 47.2 Å². The number of halogens is 1. The van der Waals surface area contributed by atoms with E-state index in [1.807, 2.05) is 22.9 Å². The Bertz CT molecular complexity index is 1140. The molecule has 0 aliphatic rings. The molecule has 0 atom stereocenters. The Kier molecular flexibility index (Phi) is 5.63. The van der Waals surface area contributed by atoms with Crippen LogP contribution in [0.2, 0.25) is 0 Å². The van der Waals surface area contributed by atoms with Crippen molar-refractivity contribution in [2.45, 2.75) is 13.0 Å². The molecular weight excluding hydrogens is 413 g/mol. The molecule has 4 aromatic rings. The second-order valence-corrected chi connectivity index (χ2v) is 7.93. The van der Waals surface area contributed by atoms with Gasteiger partial charge in [0, 0.05) is 24.9 Å². The smallest absolute Gasteiger partial charge is 0.309 e. The lowest BCUT2D eigenvalue weighted by molar-refractivity contribution is -0.139. The molecule has 0 fully saturated rings. The van der Waals surface area contributed by atoms with E-state index in [9.17, 15) is 14.0 Å². The first-order valence-electron chi connectivity index (χ1n) is 8.77. The Balaban J connectivity index is 1.28. The maximum atomic E-state index is 12.9. The van der Waals surface area contributed by atoms with Crippen molar-refractivity contribution >= 4 is 39.4 Å². The van der Waals surface area contributed by atoms with Gasteiger partial charge < -0.3 is 10.6 Å². The quantitative estimate of drug-likeness (QED) is 0.461. The Labute approximate surface area is 173 Å². The molecule has 0 saturated heterocycles. The summed E-state index contributed by atoms with van der Waals surface area (Å²) in [7, 11) is 0. The Morgan fingerprint density at radius 2 is 1.86 bits per heavy atom. The topological polar surface area (TPSA) is 88.4 Å². The van der Waals surface area contributed by atoms with Gasteiger partial charge in [0.05, 0.1) is 10.6 Å². The second-order valence-electron chi connectivity index (χ2n) is 6.15. The Morgan fingerprint density at radius 3 is 2.62 bits per heavy atom. The third-order valence-corrected chi connectivity index (χ3v) is 5.86. The van der Waals surface area contributed by atoms with Gasteiger partial charge in [-0.15, -0.1) is 27.8 Å². The molecule has 0 radical (unpaired) electrons. The van der Waals surface area contributed by atoms with Crippen molar-refractivity contribution in [1.82, 2.24) is 25.2 Å². The van der Waals surface area contributed by atoms with Gasteiger partial charge in [0.25, 0.3) is 0 Å². The van der Waals surface area contributed by atoms with Crippen LogP contribution in [0.5, 0.6) is 0 Å². The molecule has 2 amide bonds. The lowest BCUT2D eigenvalue weighted by atomic mass is 10.2. The standard InChI is InChI=1S/C19H16FN5O2S2/c20-13-5-3-12(4-6-13)10-22-18(27)17(26)21-8-7-14-11-29-19-23-16(24-25(14)19)15-2-1-9-28-15/h1-6,9,11H,7-8,10H2,(H,21,26)(H,22,27). The molecule has 148 valence electrons. The van der Waals surface area contributed by atoms with Crippen LogP contribution in [0, 0.1) is 5.82 Å². The zero-order valence-corrected chi connectivity index (χ0v) is 16.7. The predicted octanol–water partition coefficient (Wildman–Crippen LogP) is 2.63. The molecule has 0 unspecified atom stereocenters. The number of hydrogen-bond donors (Lipinski definition) is 2. The van der Waals surface area contributed by atoms with Crippen LogP contribution in [-0.4, -0.2) is 33.0 Å². The molecule has 3 heterocycles. The van der Waals surface area contributed by atoms with Gasteiger partial charge in [-0.3, -0.25) is 9.59 Å². The zero-order chi connectivity index (χ0) is 20.2. The largest absolute Gasteiger partial charge is 0.347 e. The van der Waals surface area contributed by atoms with Crippen LogP contribution in [0.3, 0.4) is 0 Å². The normalized spacial score (nSPS) is 10.9. The summed E-state index contributed by atoms with van der Waals surface area (Å²) in [4.78, 5) is 30.2. The first-order chi connectivity index (χ1) is 14.1. The number of aromatic nitrogens is 3. The number of nitrogens with one attached hydrogen (secondary N) is 2. The molecule has 0 bridgehead atoms. The van der Waals surface area contributed by atoms with Crippen LogP contribution in [0.25, 0.3) is 15.7 Å². The molecule has 10 heteroatoms. The second kappa shape index (κ2) is 8.50. The minimum Gasteiger partial charge on any atom is -0.347 e. The molecule has 29 heavy (non-hydrogen) atoms. The molecule has 0 aliphatic carbocycles. The minimum atomic E-state index is -0.731. The summed E-state index contributed by atoms with van der Waals surface area (Å²) in [5.74, 6) is -1.12. The summed E-state index contributed by atoms with van der Waals surface area (Å²) in [5, 5.41) is 13.5. The van der Waals surface area contributed by atoms with E-state index in [0.29, 0.717) is 24.4 Å². The minimum absolute atomic E-state index is 0.155. The van der Waals surface area contributed by atoms with Crippen molar-refractivity contribution in [3.05, 3.63) is 64.2 Å². The number of benzene rings is 1. The Hall–Kier alpha value is -3.11. The average Bonchev–Trinajstić information content (AvgIpc) is 3.45. The monoisotopic (exact) mass is 429 g/mol. The summed E-state index contributed by atoms with van der Waals surface area (Å²) < 4.78 is 14.6. The zero-order valence-electron chi connectivity index (χ0n) is 15.1. The van der Waals surface area contributed by atoms with E-state index in [0.717, 1.165) is 15.5 Å². The van der Waals surface area contributed by atoms with Crippen molar-refractivity contribution in [3.63, 3.8) is 0 Å². The number of nitrogens with zero attached hydrogens (tertiary/aromatic N) is 3. The van der Waals surface area contributed by atoms with Crippen molar-refractivity contribution in [3.8, 4) is 10.7 Å². The predicted molar refractivity (Wildman–Crippen MR) is 109 cm³/mol. The number of rotatable bonds is 6. The average molecular weight is 430 g/mol. The van der Waals surface area contributed by atoms with Crippen LogP contribution in [0.4, 0.5) is 4.39 Å². The van der Waals surface area contributed by atoms with E-state index >= 15 is 0 Å². The van der Waals surface area contributed by atoms with Crippen molar-refractivity contribution < 1.29 is 14.0 Å². The maximum Gasteiger partial charge on any atom is 0.309 e. The van der Waals surface area contributed by atoms with Crippen molar-refractivity contribution in [2.24, 2.45) is 0 Å². The van der Waals surface area contributed by atoms with Crippen molar-refractivity contribution in [1.29, 1.82) is 0 Å². The van der Waals surface area contributed by atoms with Gasteiger partial charge in [-0.25, -0.2) is 8.91 Å². The van der Waals surface area contributed by atoms with E-state index in [4.69, 9.17) is 0 Å². The fourth-order valence-electron chi connectivity index (χ4n) is 2.66. The third-order valence-electron chi connectivity index (χ3n) is 4.13. The number of amides is 2. The van der Waals surface area contributed by atoms with E-state index in [1.165, 1.54) is 23.5 Å². The van der Waals surface area contributed by atoms with E-state index in [-0.39, 0.29) is 12.4 Å². The molecule has 0 spiro atoms. The van der Waals surface area contributed by atoms with Crippen molar-refractivity contribution in [2.75, 3.05) is 6.54 Å². The third kappa shape index (κ3) is 4.49. The number of thiophene rings is 1. The number of thiazole rings is 1. The number of hydrogen-bond acceptors (Lipinski definition) is 6. The van der Waals surface area contributed by atoms with E-state index in [1.54, 1.807) is 28.0 Å². The van der Waals surface area contributed by atoms with Gasteiger partial charge in [-0.2, -0.15) is 4.98 Å². The SMILES string of the molecule is O=C(NCCc1csc2nc(-c3cccs3)nn12)C(=O)NCc1ccc(F)cc1. The number of carbonyl (C=O) groups is 2. The van der Waals surface area contributed by atoms with Gasteiger partial charge in [0.2, 0.25) is 4.96 Å². The summed E-state index contributed by atoms with van der Waals surface area (Å²) in [5.41, 5.74) is 1.62. The molecule has 1 aromatic carbocycles. The molecule has 0 aliphatic heterocycles. The van der Waals surface area contributed by atoms with Crippen LogP contribution in [0.1, 0.15) is 11.3 Å². The van der Waals surface area contributed by atoms with Gasteiger partial charge in [-0.1, -0.05) is 18.2 Å². The highest BCUT2D eigenvalue weighted by Crippen LogP contribution is 2.24. The first-order valence-corrected chi connectivity index (χ1v) is 10.5. The van der Waals surface area contributed by atoms with E-state index < -0.39 is 11.8 Å². The molecule has 7 nitrogen and oxygen atoms in total. The summed E-state index contributed by atoms with van der Waals surface area (Å²) in [6.07, 6.45) is 0.518. The van der Waals surface area contributed by atoms with Gasteiger partial charge in [0.15, 0.2) is 5.82 Å². The van der Waals surface area contributed by atoms with Crippen LogP contribution >= 0.6 is 22.7 Å². The number of fused-ring (bicyclic) bond motifs is 1. The highest BCUT2D eigenvalue weighted by molar-refractivity contribution is 7.15. The molecule has 2 N–H and O–H groups in total.